The minimum absolute atomic E-state index is 0.106. The maximum absolute atomic E-state index is 6.05. The second-order valence-electron chi connectivity index (χ2n) is 3.93. The van der Waals surface area contributed by atoms with Gasteiger partial charge < -0.3 is 4.74 Å². The monoisotopic (exact) mass is 220 g/mol. The van der Waals surface area contributed by atoms with Crippen LogP contribution < -0.4 is 4.74 Å². The van der Waals surface area contributed by atoms with Crippen molar-refractivity contribution < 1.29 is 4.74 Å². The Labute approximate surface area is 96.6 Å². The van der Waals surface area contributed by atoms with E-state index in [0.717, 1.165) is 29.1 Å². The largest absolute Gasteiger partial charge is 0.483 e. The second kappa shape index (κ2) is 3.93. The van der Waals surface area contributed by atoms with Crippen molar-refractivity contribution in [3.05, 3.63) is 29.8 Å². The average Bonchev–Trinajstić information content (AvgIpc) is 2.28. The topological polar surface area (TPSA) is 9.23 Å². The highest BCUT2D eigenvalue weighted by Crippen LogP contribution is 2.35. The smallest absolute Gasteiger partial charge is 0.127 e. The van der Waals surface area contributed by atoms with E-state index in [2.05, 4.69) is 38.6 Å². The van der Waals surface area contributed by atoms with Gasteiger partial charge in [-0.2, -0.15) is 0 Å². The fraction of sp³-hybridized carbons (Fsp3) is 0.385. The molecule has 0 atom stereocenters. The van der Waals surface area contributed by atoms with E-state index in [0.29, 0.717) is 0 Å². The lowest BCUT2D eigenvalue weighted by molar-refractivity contribution is 0.108. The van der Waals surface area contributed by atoms with Gasteiger partial charge in [-0.1, -0.05) is 19.9 Å². The quantitative estimate of drug-likeness (QED) is 0.743. The summed E-state index contributed by atoms with van der Waals surface area (Å²) in [6.07, 6.45) is 6.32. The Hall–Kier alpha value is -0.890. The Morgan fingerprint density at radius 3 is 2.67 bits per heavy atom. The third-order valence-corrected chi connectivity index (χ3v) is 3.35. The van der Waals surface area contributed by atoms with Crippen LogP contribution in [0.3, 0.4) is 0 Å². The van der Waals surface area contributed by atoms with E-state index in [4.69, 9.17) is 4.74 Å². The van der Waals surface area contributed by atoms with Crippen molar-refractivity contribution in [1.82, 2.24) is 0 Å². The highest BCUT2D eigenvalue weighted by molar-refractivity contribution is 7.80. The third kappa shape index (κ3) is 1.91. The van der Waals surface area contributed by atoms with Crippen LogP contribution >= 0.6 is 12.6 Å². The van der Waals surface area contributed by atoms with Crippen LogP contribution in [0.25, 0.3) is 6.08 Å². The van der Waals surface area contributed by atoms with Crippen LogP contribution in [-0.2, 0) is 0 Å². The molecule has 1 nitrogen and oxygen atoms in total. The molecule has 1 aliphatic heterocycles. The van der Waals surface area contributed by atoms with Gasteiger partial charge in [-0.25, -0.2) is 0 Å². The molecule has 0 saturated heterocycles. The summed E-state index contributed by atoms with van der Waals surface area (Å²) in [6.45, 7) is 4.32. The van der Waals surface area contributed by atoms with Gasteiger partial charge in [-0.3, -0.25) is 0 Å². The lowest BCUT2D eigenvalue weighted by atomic mass is 9.93. The zero-order valence-corrected chi connectivity index (χ0v) is 10.1. The van der Waals surface area contributed by atoms with Crippen molar-refractivity contribution in [2.75, 3.05) is 0 Å². The van der Waals surface area contributed by atoms with Crippen LogP contribution in [0.15, 0.2) is 29.2 Å². The molecule has 0 saturated carbocycles. The molecule has 0 fully saturated rings. The van der Waals surface area contributed by atoms with Gasteiger partial charge >= 0.3 is 0 Å². The zero-order chi connectivity index (χ0) is 10.9. The highest BCUT2D eigenvalue weighted by atomic mass is 32.1. The van der Waals surface area contributed by atoms with Gasteiger partial charge in [0.2, 0.25) is 0 Å². The van der Waals surface area contributed by atoms with Gasteiger partial charge in [-0.15, -0.1) is 12.6 Å². The Morgan fingerprint density at radius 1 is 1.27 bits per heavy atom. The molecule has 0 N–H and O–H groups in total. The molecule has 2 heteroatoms. The number of thiol groups is 1. The van der Waals surface area contributed by atoms with E-state index in [9.17, 15) is 0 Å². The fourth-order valence-corrected chi connectivity index (χ4v) is 2.10. The van der Waals surface area contributed by atoms with E-state index in [-0.39, 0.29) is 5.60 Å². The molecular formula is C13H16OS. The van der Waals surface area contributed by atoms with Crippen molar-refractivity contribution in [3.63, 3.8) is 0 Å². The molecule has 80 valence electrons. The molecule has 0 aliphatic carbocycles. The first kappa shape index (κ1) is 10.6. The highest BCUT2D eigenvalue weighted by Gasteiger charge is 2.28. The lowest BCUT2D eigenvalue weighted by Crippen LogP contribution is -2.33. The van der Waals surface area contributed by atoms with Crippen LogP contribution in [0.1, 0.15) is 32.3 Å². The summed E-state index contributed by atoms with van der Waals surface area (Å²) in [5.74, 6) is 0.971. The van der Waals surface area contributed by atoms with Crippen molar-refractivity contribution in [3.8, 4) is 5.75 Å². The van der Waals surface area contributed by atoms with Crippen LogP contribution in [0.5, 0.6) is 5.75 Å². The summed E-state index contributed by atoms with van der Waals surface area (Å²) in [7, 11) is 0. The Balaban J connectivity index is 2.39. The van der Waals surface area contributed by atoms with E-state index in [1.165, 1.54) is 0 Å². The second-order valence-corrected chi connectivity index (χ2v) is 4.45. The van der Waals surface area contributed by atoms with Crippen LogP contribution in [0.4, 0.5) is 0 Å². The van der Waals surface area contributed by atoms with Gasteiger partial charge in [0.1, 0.15) is 11.4 Å². The zero-order valence-electron chi connectivity index (χ0n) is 9.16. The molecule has 0 radical (unpaired) electrons. The van der Waals surface area contributed by atoms with E-state index >= 15 is 0 Å². The summed E-state index contributed by atoms with van der Waals surface area (Å²) in [6, 6.07) is 6.00. The minimum Gasteiger partial charge on any atom is -0.483 e. The van der Waals surface area contributed by atoms with Gasteiger partial charge in [0, 0.05) is 10.5 Å². The SMILES string of the molecule is CCC1(CC)C=Cc2cc(S)ccc2O1. The van der Waals surface area contributed by atoms with Gasteiger partial charge in [0.15, 0.2) is 0 Å². The van der Waals surface area contributed by atoms with E-state index in [1.54, 1.807) is 0 Å². The first-order valence-electron chi connectivity index (χ1n) is 5.40. The summed E-state index contributed by atoms with van der Waals surface area (Å²) in [5, 5.41) is 0. The Morgan fingerprint density at radius 2 is 2.00 bits per heavy atom. The van der Waals surface area contributed by atoms with Crippen LogP contribution in [-0.4, -0.2) is 5.60 Å². The van der Waals surface area contributed by atoms with Crippen molar-refractivity contribution in [1.29, 1.82) is 0 Å². The molecule has 1 aromatic carbocycles. The summed E-state index contributed by atoms with van der Waals surface area (Å²) in [5.41, 5.74) is 1.02. The molecule has 0 bridgehead atoms. The molecule has 0 amide bonds. The maximum Gasteiger partial charge on any atom is 0.127 e. The third-order valence-electron chi connectivity index (χ3n) is 3.07. The Kier molecular flexibility index (Phi) is 2.79. The lowest BCUT2D eigenvalue weighted by Gasteiger charge is -2.33. The normalized spacial score (nSPS) is 17.0. The predicted octanol–water partition coefficient (Wildman–Crippen LogP) is 3.94. The van der Waals surface area contributed by atoms with Gasteiger partial charge in [-0.05, 0) is 37.1 Å². The molecule has 1 heterocycles. The molecular weight excluding hydrogens is 204 g/mol. The number of benzene rings is 1. The first-order chi connectivity index (χ1) is 7.19. The van der Waals surface area contributed by atoms with Crippen molar-refractivity contribution >= 4 is 18.7 Å². The number of rotatable bonds is 2. The molecule has 15 heavy (non-hydrogen) atoms. The van der Waals surface area contributed by atoms with Gasteiger partial charge in [0.05, 0.1) is 0 Å². The van der Waals surface area contributed by atoms with Crippen LogP contribution in [0.2, 0.25) is 0 Å². The Bertz CT molecular complexity index is 392. The molecule has 0 aromatic heterocycles. The number of hydrogen-bond donors (Lipinski definition) is 1. The molecule has 1 aliphatic rings. The summed E-state index contributed by atoms with van der Waals surface area (Å²) >= 11 is 4.32. The standard InChI is InChI=1S/C13H16OS/c1-3-13(4-2)8-7-10-9-11(15)5-6-12(10)14-13/h5-9,15H,3-4H2,1-2H3. The predicted molar refractivity (Wildman–Crippen MR) is 66.7 cm³/mol. The number of ether oxygens (including phenoxy) is 1. The van der Waals surface area contributed by atoms with Crippen LogP contribution in [0, 0.1) is 0 Å². The van der Waals surface area contributed by atoms with Gasteiger partial charge in [0.25, 0.3) is 0 Å². The summed E-state index contributed by atoms with van der Waals surface area (Å²) < 4.78 is 6.05. The number of fused-ring (bicyclic) bond motifs is 1. The molecule has 0 unspecified atom stereocenters. The fourth-order valence-electron chi connectivity index (χ4n) is 1.88. The molecule has 2 rings (SSSR count). The summed E-state index contributed by atoms with van der Waals surface area (Å²) in [4.78, 5) is 0.975. The minimum atomic E-state index is -0.106. The van der Waals surface area contributed by atoms with Crippen molar-refractivity contribution in [2.45, 2.75) is 37.2 Å². The maximum atomic E-state index is 6.05. The van der Waals surface area contributed by atoms with Crippen molar-refractivity contribution in [2.24, 2.45) is 0 Å². The molecule has 1 aromatic rings. The van der Waals surface area contributed by atoms with E-state index < -0.39 is 0 Å². The first-order valence-corrected chi connectivity index (χ1v) is 5.85. The number of hydrogen-bond acceptors (Lipinski definition) is 2. The van der Waals surface area contributed by atoms with E-state index in [1.807, 2.05) is 18.2 Å². The average molecular weight is 220 g/mol. The molecule has 0 spiro atoms.